The van der Waals surface area contributed by atoms with E-state index in [0.29, 0.717) is 29.8 Å². The van der Waals surface area contributed by atoms with Crippen LogP contribution in [-0.2, 0) is 22.7 Å². The molecule has 166 valence electrons. The molecule has 2 aliphatic rings. The molecule has 2 amide bonds. The summed E-state index contributed by atoms with van der Waals surface area (Å²) in [5.74, 6) is -1.15. The van der Waals surface area contributed by atoms with E-state index in [1.807, 2.05) is 6.92 Å². The molecular formula is C22H20N2O8. The Bertz CT molecular complexity index is 1130. The summed E-state index contributed by atoms with van der Waals surface area (Å²) < 4.78 is 15.9. The predicted octanol–water partition coefficient (Wildman–Crippen LogP) is 3.21. The van der Waals surface area contributed by atoms with Crippen molar-refractivity contribution in [3.05, 3.63) is 68.3 Å². The number of carbonyl (C=O) groups is 3. The zero-order chi connectivity index (χ0) is 22.8. The number of fused-ring (bicyclic) bond motifs is 2. The Morgan fingerprint density at radius 2 is 1.97 bits per heavy atom. The maximum absolute atomic E-state index is 12.6. The van der Waals surface area contributed by atoms with Crippen LogP contribution in [0.3, 0.4) is 0 Å². The normalized spacial score (nSPS) is 14.6. The van der Waals surface area contributed by atoms with Crippen molar-refractivity contribution in [3.63, 3.8) is 0 Å². The van der Waals surface area contributed by atoms with Gasteiger partial charge in [0.05, 0.1) is 28.2 Å². The number of non-ortho nitro benzene ring substituents is 1. The molecule has 2 heterocycles. The Labute approximate surface area is 182 Å². The molecule has 32 heavy (non-hydrogen) atoms. The lowest BCUT2D eigenvalue weighted by atomic mass is 10.1. The zero-order valence-electron chi connectivity index (χ0n) is 17.3. The number of rotatable bonds is 7. The summed E-state index contributed by atoms with van der Waals surface area (Å²) in [5.41, 5.74) is 1.18. The molecule has 0 spiro atoms. The number of nitrogens with zero attached hydrogens (tertiary/aromatic N) is 2. The number of imide groups is 1. The number of nitro benzene ring substituents is 1. The summed E-state index contributed by atoms with van der Waals surface area (Å²) in [6.45, 7) is 2.15. The molecule has 0 aromatic heterocycles. The van der Waals surface area contributed by atoms with Crippen LogP contribution < -0.4 is 4.74 Å². The number of hydrogen-bond donors (Lipinski definition) is 0. The average molecular weight is 440 g/mol. The molecule has 0 aliphatic carbocycles. The van der Waals surface area contributed by atoms with Crippen molar-refractivity contribution in [1.82, 2.24) is 4.90 Å². The monoisotopic (exact) mass is 440 g/mol. The predicted molar refractivity (Wildman–Crippen MR) is 109 cm³/mol. The molecule has 4 rings (SSSR count). The maximum Gasteiger partial charge on any atom is 0.338 e. The van der Waals surface area contributed by atoms with E-state index in [0.717, 1.165) is 6.42 Å². The number of benzene rings is 2. The van der Waals surface area contributed by atoms with Crippen molar-refractivity contribution in [2.24, 2.45) is 0 Å². The van der Waals surface area contributed by atoms with Crippen molar-refractivity contribution in [1.29, 1.82) is 0 Å². The van der Waals surface area contributed by atoms with Gasteiger partial charge in [-0.05, 0) is 24.6 Å². The third-order valence-electron chi connectivity index (χ3n) is 5.28. The molecule has 0 bridgehead atoms. The minimum Gasteiger partial charge on any atom is -0.467 e. The van der Waals surface area contributed by atoms with Crippen LogP contribution in [0, 0.1) is 10.1 Å². The first-order valence-electron chi connectivity index (χ1n) is 10.1. The fourth-order valence-electron chi connectivity index (χ4n) is 3.66. The molecule has 0 atom stereocenters. The lowest BCUT2D eigenvalue weighted by Gasteiger charge is -2.20. The van der Waals surface area contributed by atoms with Crippen molar-refractivity contribution < 1.29 is 33.5 Å². The van der Waals surface area contributed by atoms with Crippen LogP contribution >= 0.6 is 0 Å². The van der Waals surface area contributed by atoms with Crippen LogP contribution in [0.15, 0.2) is 30.3 Å². The average Bonchev–Trinajstić information content (AvgIpc) is 3.04. The van der Waals surface area contributed by atoms with Crippen LogP contribution in [-0.4, -0.2) is 40.9 Å². The van der Waals surface area contributed by atoms with Gasteiger partial charge in [0.15, 0.2) is 6.79 Å². The van der Waals surface area contributed by atoms with Crippen molar-refractivity contribution in [2.45, 2.75) is 33.0 Å². The third-order valence-corrected chi connectivity index (χ3v) is 5.28. The van der Waals surface area contributed by atoms with E-state index in [1.165, 1.54) is 35.2 Å². The first-order valence-corrected chi connectivity index (χ1v) is 10.1. The number of unbranched alkanes of at least 4 members (excludes halogenated alkanes) is 1. The summed E-state index contributed by atoms with van der Waals surface area (Å²) >= 11 is 0. The fraction of sp³-hybridized carbons (Fsp3) is 0.318. The van der Waals surface area contributed by atoms with Crippen LogP contribution in [0.1, 0.15) is 62.0 Å². The van der Waals surface area contributed by atoms with E-state index in [-0.39, 0.29) is 48.3 Å². The zero-order valence-corrected chi connectivity index (χ0v) is 17.3. The van der Waals surface area contributed by atoms with Gasteiger partial charge in [-0.2, -0.15) is 0 Å². The first kappa shape index (κ1) is 21.4. The van der Waals surface area contributed by atoms with Gasteiger partial charge in [0.25, 0.3) is 17.5 Å². The fourth-order valence-corrected chi connectivity index (χ4v) is 3.66. The van der Waals surface area contributed by atoms with Gasteiger partial charge in [-0.1, -0.05) is 13.3 Å². The first-order chi connectivity index (χ1) is 15.4. The highest BCUT2D eigenvalue weighted by Gasteiger charge is 2.35. The molecule has 10 heteroatoms. The lowest BCUT2D eigenvalue weighted by molar-refractivity contribution is -0.385. The number of esters is 1. The van der Waals surface area contributed by atoms with E-state index >= 15 is 0 Å². The van der Waals surface area contributed by atoms with Gasteiger partial charge in [-0.15, -0.1) is 0 Å². The van der Waals surface area contributed by atoms with Crippen molar-refractivity contribution >= 4 is 23.5 Å². The van der Waals surface area contributed by atoms with E-state index in [2.05, 4.69) is 0 Å². The summed E-state index contributed by atoms with van der Waals surface area (Å²) in [7, 11) is 0. The second-order valence-corrected chi connectivity index (χ2v) is 7.41. The minimum absolute atomic E-state index is 0.0126. The number of nitro groups is 1. The lowest BCUT2D eigenvalue weighted by Crippen LogP contribution is -2.30. The van der Waals surface area contributed by atoms with E-state index in [9.17, 15) is 24.5 Å². The Kier molecular flexibility index (Phi) is 5.87. The molecule has 2 aromatic carbocycles. The number of carbonyl (C=O) groups excluding carboxylic acids is 3. The molecule has 2 aromatic rings. The largest absolute Gasteiger partial charge is 0.467 e. The molecule has 10 nitrogen and oxygen atoms in total. The SMILES string of the molecule is CCCCN1C(=O)c2ccc(C(=O)OCc3cc([N+](=O)[O-])cc4c3OCOC4)cc2C1=O. The van der Waals surface area contributed by atoms with Crippen LogP contribution in [0.4, 0.5) is 5.69 Å². The van der Waals surface area contributed by atoms with E-state index < -0.39 is 16.8 Å². The van der Waals surface area contributed by atoms with Crippen LogP contribution in [0.25, 0.3) is 0 Å². The Morgan fingerprint density at radius 1 is 1.19 bits per heavy atom. The quantitative estimate of drug-likeness (QED) is 0.278. The van der Waals surface area contributed by atoms with Gasteiger partial charge in [0.1, 0.15) is 12.4 Å². The highest BCUT2D eigenvalue weighted by molar-refractivity contribution is 6.21. The molecule has 0 saturated carbocycles. The van der Waals surface area contributed by atoms with Gasteiger partial charge in [0, 0.05) is 29.8 Å². The molecule has 2 aliphatic heterocycles. The number of ether oxygens (including phenoxy) is 3. The molecule has 0 fully saturated rings. The molecule has 0 saturated heterocycles. The third kappa shape index (κ3) is 3.92. The van der Waals surface area contributed by atoms with Crippen molar-refractivity contribution in [2.75, 3.05) is 13.3 Å². The van der Waals surface area contributed by atoms with Gasteiger partial charge >= 0.3 is 5.97 Å². The molecular weight excluding hydrogens is 420 g/mol. The second kappa shape index (κ2) is 8.75. The molecule has 0 radical (unpaired) electrons. The van der Waals surface area contributed by atoms with E-state index in [4.69, 9.17) is 14.2 Å². The Hall–Kier alpha value is -3.79. The minimum atomic E-state index is -0.729. The van der Waals surface area contributed by atoms with Gasteiger partial charge in [-0.3, -0.25) is 24.6 Å². The molecule has 0 N–H and O–H groups in total. The van der Waals surface area contributed by atoms with Crippen LogP contribution in [0.5, 0.6) is 5.75 Å². The summed E-state index contributed by atoms with van der Waals surface area (Å²) in [4.78, 5) is 49.5. The van der Waals surface area contributed by atoms with Crippen LogP contribution in [0.2, 0.25) is 0 Å². The topological polar surface area (TPSA) is 125 Å². The summed E-state index contributed by atoms with van der Waals surface area (Å²) in [6.07, 6.45) is 1.53. The Balaban J connectivity index is 1.53. The summed E-state index contributed by atoms with van der Waals surface area (Å²) in [6, 6.07) is 6.84. The standard InChI is InChI=1S/C22H20N2O8/c1-2-3-6-23-20(25)17-5-4-13(9-18(17)21(23)26)22(27)31-11-15-8-16(24(28)29)7-14-10-30-12-32-19(14)15/h4-5,7-9H,2-3,6,10-12H2,1H3. The van der Waals surface area contributed by atoms with Gasteiger partial charge in [0.2, 0.25) is 0 Å². The highest BCUT2D eigenvalue weighted by atomic mass is 16.7. The second-order valence-electron chi connectivity index (χ2n) is 7.41. The number of amides is 2. The van der Waals surface area contributed by atoms with Gasteiger partial charge in [-0.25, -0.2) is 4.79 Å². The van der Waals surface area contributed by atoms with Crippen molar-refractivity contribution in [3.8, 4) is 5.75 Å². The van der Waals surface area contributed by atoms with Gasteiger partial charge < -0.3 is 14.2 Å². The Morgan fingerprint density at radius 3 is 2.72 bits per heavy atom. The summed E-state index contributed by atoms with van der Waals surface area (Å²) in [5, 5.41) is 11.2. The smallest absolute Gasteiger partial charge is 0.338 e. The number of hydrogen-bond acceptors (Lipinski definition) is 8. The highest BCUT2D eigenvalue weighted by Crippen LogP contribution is 2.33. The molecule has 0 unspecified atom stereocenters. The maximum atomic E-state index is 12.6. The van der Waals surface area contributed by atoms with E-state index in [1.54, 1.807) is 0 Å².